The summed E-state index contributed by atoms with van der Waals surface area (Å²) in [5.74, 6) is 1.95. The lowest BCUT2D eigenvalue weighted by molar-refractivity contribution is -0.121. The summed E-state index contributed by atoms with van der Waals surface area (Å²) >= 11 is 5.56. The molecule has 1 aromatic carbocycles. The molecule has 0 saturated carbocycles. The first-order chi connectivity index (χ1) is 10.2. The number of rotatable bonds is 10. The summed E-state index contributed by atoms with van der Waals surface area (Å²) in [6.07, 6.45) is 3.26. The van der Waals surface area contributed by atoms with Crippen molar-refractivity contribution in [1.29, 1.82) is 0 Å². The Morgan fingerprint density at radius 1 is 1.29 bits per heavy atom. The van der Waals surface area contributed by atoms with Crippen molar-refractivity contribution in [1.82, 2.24) is 5.32 Å². The summed E-state index contributed by atoms with van der Waals surface area (Å²) < 4.78 is 11.0. The number of ether oxygens (including phenoxy) is 2. The van der Waals surface area contributed by atoms with E-state index in [0.717, 1.165) is 24.2 Å². The fourth-order valence-electron chi connectivity index (χ4n) is 1.78. The van der Waals surface area contributed by atoms with E-state index in [1.165, 1.54) is 0 Å². The Bertz CT molecular complexity index is 438. The zero-order valence-electron chi connectivity index (χ0n) is 12.8. The number of methoxy groups -OCH3 is 1. The largest absolute Gasteiger partial charge is 0.493 e. The van der Waals surface area contributed by atoms with Crippen LogP contribution in [0.15, 0.2) is 18.2 Å². The monoisotopic (exact) mass is 313 g/mol. The molecule has 0 unspecified atom stereocenters. The van der Waals surface area contributed by atoms with Crippen molar-refractivity contribution in [3.8, 4) is 11.5 Å². The van der Waals surface area contributed by atoms with Gasteiger partial charge in [0.25, 0.3) is 0 Å². The van der Waals surface area contributed by atoms with Crippen LogP contribution in [0.4, 0.5) is 0 Å². The molecule has 1 amide bonds. The van der Waals surface area contributed by atoms with Crippen molar-refractivity contribution >= 4 is 17.5 Å². The lowest BCUT2D eigenvalue weighted by Gasteiger charge is -2.12. The third-order valence-electron chi connectivity index (χ3n) is 3.01. The molecule has 1 N–H and O–H groups in total. The average molecular weight is 314 g/mol. The second kappa shape index (κ2) is 10.3. The lowest BCUT2D eigenvalue weighted by Crippen LogP contribution is -2.22. The molecular formula is C16H24ClNO3. The van der Waals surface area contributed by atoms with Gasteiger partial charge < -0.3 is 14.8 Å². The molecule has 118 valence electrons. The second-order valence-corrected chi connectivity index (χ2v) is 5.13. The molecule has 1 aromatic rings. The molecule has 4 nitrogen and oxygen atoms in total. The van der Waals surface area contributed by atoms with Gasteiger partial charge in [-0.3, -0.25) is 4.79 Å². The number of unbranched alkanes of at least 4 members (excludes halogenated alkanes) is 1. The zero-order chi connectivity index (χ0) is 15.5. The Morgan fingerprint density at radius 2 is 2.10 bits per heavy atom. The number of carbonyl (C=O) groups is 1. The molecule has 0 aliphatic carbocycles. The molecule has 0 bridgehead atoms. The molecule has 5 heteroatoms. The molecule has 0 aromatic heterocycles. The average Bonchev–Trinajstić information content (AvgIpc) is 2.51. The van der Waals surface area contributed by atoms with Crippen LogP contribution < -0.4 is 14.8 Å². The standard InChI is InChI=1S/C16H24ClNO3/c1-3-4-10-21-14-8-7-13(11-15(14)20-2)12-18-16(19)6-5-9-17/h7-8,11H,3-6,9-10,12H2,1-2H3,(H,18,19). The maximum absolute atomic E-state index is 11.5. The van der Waals surface area contributed by atoms with Crippen molar-refractivity contribution in [2.75, 3.05) is 19.6 Å². The summed E-state index contributed by atoms with van der Waals surface area (Å²) in [5, 5.41) is 2.86. The van der Waals surface area contributed by atoms with Gasteiger partial charge >= 0.3 is 0 Å². The maximum Gasteiger partial charge on any atom is 0.220 e. The number of hydrogen-bond donors (Lipinski definition) is 1. The third-order valence-corrected chi connectivity index (χ3v) is 3.28. The second-order valence-electron chi connectivity index (χ2n) is 4.76. The van der Waals surface area contributed by atoms with Crippen LogP contribution in [0.5, 0.6) is 11.5 Å². The minimum atomic E-state index is 0.0119. The van der Waals surface area contributed by atoms with Gasteiger partial charge in [-0.05, 0) is 30.5 Å². The fourth-order valence-corrected chi connectivity index (χ4v) is 1.92. The summed E-state index contributed by atoms with van der Waals surface area (Å²) in [6, 6.07) is 5.71. The van der Waals surface area contributed by atoms with Crippen LogP contribution in [0.2, 0.25) is 0 Å². The van der Waals surface area contributed by atoms with Gasteiger partial charge in [0.15, 0.2) is 11.5 Å². The highest BCUT2D eigenvalue weighted by Gasteiger charge is 2.07. The van der Waals surface area contributed by atoms with Crippen molar-refractivity contribution in [2.45, 2.75) is 39.2 Å². The predicted octanol–water partition coefficient (Wildman–Crippen LogP) is 3.51. The number of nitrogens with one attached hydrogen (secondary N) is 1. The van der Waals surface area contributed by atoms with E-state index in [9.17, 15) is 4.79 Å². The minimum absolute atomic E-state index is 0.0119. The van der Waals surface area contributed by atoms with Gasteiger partial charge in [-0.1, -0.05) is 19.4 Å². The summed E-state index contributed by atoms with van der Waals surface area (Å²) in [6.45, 7) is 3.28. The smallest absolute Gasteiger partial charge is 0.220 e. The van der Waals surface area contributed by atoms with E-state index in [1.54, 1.807) is 7.11 Å². The minimum Gasteiger partial charge on any atom is -0.493 e. The van der Waals surface area contributed by atoms with Crippen LogP contribution in [-0.4, -0.2) is 25.5 Å². The van der Waals surface area contributed by atoms with Gasteiger partial charge in [-0.2, -0.15) is 0 Å². The summed E-state index contributed by atoms with van der Waals surface area (Å²) in [7, 11) is 1.62. The van der Waals surface area contributed by atoms with Crippen LogP contribution in [0.3, 0.4) is 0 Å². The quantitative estimate of drug-likeness (QED) is 0.531. The fraction of sp³-hybridized carbons (Fsp3) is 0.562. The summed E-state index contributed by atoms with van der Waals surface area (Å²) in [5.41, 5.74) is 0.980. The van der Waals surface area contributed by atoms with Gasteiger partial charge in [0.2, 0.25) is 5.91 Å². The van der Waals surface area contributed by atoms with Crippen LogP contribution in [0.1, 0.15) is 38.2 Å². The Kier molecular flexibility index (Phi) is 8.67. The van der Waals surface area contributed by atoms with Crippen LogP contribution in [0.25, 0.3) is 0 Å². The molecule has 0 aliphatic heterocycles. The highest BCUT2D eigenvalue weighted by molar-refractivity contribution is 6.17. The van der Waals surface area contributed by atoms with Gasteiger partial charge in [0, 0.05) is 18.8 Å². The Labute approximate surface area is 131 Å². The highest BCUT2D eigenvalue weighted by Crippen LogP contribution is 2.28. The van der Waals surface area contributed by atoms with Crippen LogP contribution in [-0.2, 0) is 11.3 Å². The number of carbonyl (C=O) groups excluding carboxylic acids is 1. The Balaban J connectivity index is 2.54. The van der Waals surface area contributed by atoms with Gasteiger partial charge in [0.05, 0.1) is 13.7 Å². The van der Waals surface area contributed by atoms with E-state index in [1.807, 2.05) is 18.2 Å². The number of benzene rings is 1. The van der Waals surface area contributed by atoms with Gasteiger partial charge in [0.1, 0.15) is 0 Å². The molecule has 0 aliphatic rings. The maximum atomic E-state index is 11.5. The molecular weight excluding hydrogens is 290 g/mol. The van der Waals surface area contributed by atoms with Crippen molar-refractivity contribution in [2.24, 2.45) is 0 Å². The molecule has 0 spiro atoms. The van der Waals surface area contributed by atoms with Crippen LogP contribution >= 0.6 is 11.6 Å². The predicted molar refractivity (Wildman–Crippen MR) is 85.2 cm³/mol. The zero-order valence-corrected chi connectivity index (χ0v) is 13.5. The molecule has 0 heterocycles. The highest BCUT2D eigenvalue weighted by atomic mass is 35.5. The number of alkyl halides is 1. The molecule has 0 atom stereocenters. The molecule has 0 saturated heterocycles. The lowest BCUT2D eigenvalue weighted by atomic mass is 10.2. The summed E-state index contributed by atoms with van der Waals surface area (Å²) in [4.78, 5) is 11.5. The Morgan fingerprint density at radius 3 is 2.76 bits per heavy atom. The topological polar surface area (TPSA) is 47.6 Å². The first kappa shape index (κ1) is 17.6. The SMILES string of the molecule is CCCCOc1ccc(CNC(=O)CCCCl)cc1OC. The van der Waals surface area contributed by atoms with Gasteiger partial charge in [-0.15, -0.1) is 11.6 Å². The molecule has 0 radical (unpaired) electrons. The number of halogens is 1. The van der Waals surface area contributed by atoms with E-state index < -0.39 is 0 Å². The van der Waals surface area contributed by atoms with E-state index in [0.29, 0.717) is 37.6 Å². The third kappa shape index (κ3) is 6.71. The van der Waals surface area contributed by atoms with Gasteiger partial charge in [-0.25, -0.2) is 0 Å². The first-order valence-corrected chi connectivity index (χ1v) is 7.87. The first-order valence-electron chi connectivity index (χ1n) is 7.33. The van der Waals surface area contributed by atoms with Crippen LogP contribution in [0, 0.1) is 0 Å². The van der Waals surface area contributed by atoms with E-state index in [4.69, 9.17) is 21.1 Å². The molecule has 1 rings (SSSR count). The number of amides is 1. The molecule has 0 fully saturated rings. The normalized spacial score (nSPS) is 10.2. The molecule has 21 heavy (non-hydrogen) atoms. The number of hydrogen-bond acceptors (Lipinski definition) is 3. The van der Waals surface area contributed by atoms with Crippen molar-refractivity contribution in [3.05, 3.63) is 23.8 Å². The van der Waals surface area contributed by atoms with E-state index in [-0.39, 0.29) is 5.91 Å². The Hall–Kier alpha value is -1.42. The van der Waals surface area contributed by atoms with Crippen molar-refractivity contribution in [3.63, 3.8) is 0 Å². The van der Waals surface area contributed by atoms with E-state index in [2.05, 4.69) is 12.2 Å². The van der Waals surface area contributed by atoms with E-state index >= 15 is 0 Å². The van der Waals surface area contributed by atoms with Crippen molar-refractivity contribution < 1.29 is 14.3 Å².